The van der Waals surface area contributed by atoms with Gasteiger partial charge in [0.1, 0.15) is 17.9 Å². The maximum Gasteiger partial charge on any atom is 0.273 e. The zero-order valence-electron chi connectivity index (χ0n) is 18.8. The first-order valence-corrected chi connectivity index (χ1v) is 11.6. The lowest BCUT2D eigenvalue weighted by Gasteiger charge is -2.09. The van der Waals surface area contributed by atoms with E-state index in [1.807, 2.05) is 6.07 Å². The predicted molar refractivity (Wildman–Crippen MR) is 125 cm³/mol. The third kappa shape index (κ3) is 5.31. The first-order chi connectivity index (χ1) is 16.7. The van der Waals surface area contributed by atoms with Gasteiger partial charge >= 0.3 is 0 Å². The molecule has 1 fully saturated rings. The minimum atomic E-state index is -0.460. The van der Waals surface area contributed by atoms with Gasteiger partial charge in [-0.25, -0.2) is 14.4 Å². The molecular formula is C25H27FN6O2. The molecule has 0 atom stereocenters. The molecule has 9 heteroatoms. The van der Waals surface area contributed by atoms with Crippen LogP contribution in [0.25, 0.3) is 11.0 Å². The quantitative estimate of drug-likeness (QED) is 0.332. The van der Waals surface area contributed by atoms with Crippen molar-refractivity contribution in [2.24, 2.45) is 5.92 Å². The number of oxazole rings is 1. The fraction of sp³-hybridized carbons (Fsp3) is 0.360. The number of nitrogens with one attached hydrogen (secondary N) is 2. The first-order valence-electron chi connectivity index (χ1n) is 11.6. The van der Waals surface area contributed by atoms with Gasteiger partial charge in [-0.3, -0.25) is 9.78 Å². The van der Waals surface area contributed by atoms with Crippen molar-refractivity contribution in [3.63, 3.8) is 0 Å². The number of imidazole rings is 1. The van der Waals surface area contributed by atoms with E-state index in [9.17, 15) is 9.18 Å². The van der Waals surface area contributed by atoms with Gasteiger partial charge in [-0.15, -0.1) is 0 Å². The van der Waals surface area contributed by atoms with E-state index in [4.69, 9.17) is 9.40 Å². The summed E-state index contributed by atoms with van der Waals surface area (Å²) in [5.41, 5.74) is 2.60. The number of rotatable bonds is 11. The van der Waals surface area contributed by atoms with E-state index in [-0.39, 0.29) is 17.9 Å². The molecule has 0 saturated heterocycles. The fourth-order valence-corrected chi connectivity index (χ4v) is 3.93. The molecule has 1 saturated carbocycles. The molecule has 176 valence electrons. The third-order valence-electron chi connectivity index (χ3n) is 5.95. The topological polar surface area (TPSA) is 97.9 Å². The van der Waals surface area contributed by atoms with Crippen LogP contribution in [0, 0.1) is 11.7 Å². The van der Waals surface area contributed by atoms with Gasteiger partial charge in [0.2, 0.25) is 0 Å². The van der Waals surface area contributed by atoms with Crippen molar-refractivity contribution in [1.82, 2.24) is 30.2 Å². The Bertz CT molecular complexity index is 1280. The Morgan fingerprint density at radius 2 is 1.97 bits per heavy atom. The van der Waals surface area contributed by atoms with Crippen molar-refractivity contribution in [3.8, 4) is 0 Å². The Kier molecular flexibility index (Phi) is 6.62. The van der Waals surface area contributed by atoms with Crippen LogP contribution < -0.4 is 10.6 Å². The highest BCUT2D eigenvalue weighted by atomic mass is 19.1. The summed E-state index contributed by atoms with van der Waals surface area (Å²) in [7, 11) is 0. The maximum atomic E-state index is 13.6. The highest BCUT2D eigenvalue weighted by Gasteiger charge is 2.24. The van der Waals surface area contributed by atoms with E-state index >= 15 is 0 Å². The van der Waals surface area contributed by atoms with Gasteiger partial charge in [-0.05, 0) is 43.0 Å². The molecule has 2 N–H and O–H groups in total. The van der Waals surface area contributed by atoms with Crippen LogP contribution >= 0.6 is 0 Å². The van der Waals surface area contributed by atoms with Crippen LogP contribution in [0.3, 0.4) is 0 Å². The summed E-state index contributed by atoms with van der Waals surface area (Å²) < 4.78 is 21.4. The predicted octanol–water partition coefficient (Wildman–Crippen LogP) is 3.27. The Balaban J connectivity index is 1.08. The summed E-state index contributed by atoms with van der Waals surface area (Å²) in [6.45, 7) is 2.49. The minimum Gasteiger partial charge on any atom is -0.448 e. The molecule has 0 radical (unpaired) electrons. The molecule has 1 amide bonds. The number of aromatic nitrogens is 4. The van der Waals surface area contributed by atoms with Gasteiger partial charge in [0, 0.05) is 38.7 Å². The van der Waals surface area contributed by atoms with E-state index in [1.165, 1.54) is 43.0 Å². The summed E-state index contributed by atoms with van der Waals surface area (Å²) >= 11 is 0. The summed E-state index contributed by atoms with van der Waals surface area (Å²) in [6.07, 6.45) is 6.81. The summed E-state index contributed by atoms with van der Waals surface area (Å²) in [5.74, 6) is 1.48. The molecule has 1 aromatic carbocycles. The van der Waals surface area contributed by atoms with Crippen molar-refractivity contribution in [2.75, 3.05) is 13.1 Å². The van der Waals surface area contributed by atoms with E-state index in [1.54, 1.807) is 0 Å². The fourth-order valence-electron chi connectivity index (χ4n) is 3.93. The van der Waals surface area contributed by atoms with Crippen LogP contribution in [-0.4, -0.2) is 38.5 Å². The first kappa shape index (κ1) is 22.2. The number of pyridine rings is 1. The number of fused-ring (bicyclic) bond motifs is 1. The van der Waals surface area contributed by atoms with Gasteiger partial charge in [0.15, 0.2) is 11.6 Å². The molecular weight excluding hydrogens is 435 g/mol. The second-order valence-electron chi connectivity index (χ2n) is 8.56. The van der Waals surface area contributed by atoms with Gasteiger partial charge in [-0.1, -0.05) is 12.1 Å². The monoisotopic (exact) mass is 462 g/mol. The standard InChI is InChI=1S/C25H27FN6O2/c26-18-4-3-11-28-20(18)14-29-25(33)21-16-34-24(31-21)10-13-27-12-9-23-30-19-5-1-2-6-22(19)32(23)15-17-7-8-17/h1-6,11,16-17,27H,7-10,12-15H2,(H,29,33). The molecule has 0 bridgehead atoms. The van der Waals surface area contributed by atoms with Crippen LogP contribution in [0.4, 0.5) is 4.39 Å². The Labute approximate surface area is 196 Å². The Hall–Kier alpha value is -3.59. The lowest BCUT2D eigenvalue weighted by Crippen LogP contribution is -2.24. The lowest BCUT2D eigenvalue weighted by atomic mass is 10.3. The van der Waals surface area contributed by atoms with Crippen molar-refractivity contribution in [3.05, 3.63) is 77.8 Å². The zero-order chi connectivity index (χ0) is 23.3. The van der Waals surface area contributed by atoms with Crippen LogP contribution in [0.1, 0.15) is 40.7 Å². The molecule has 0 spiro atoms. The molecule has 8 nitrogen and oxygen atoms in total. The van der Waals surface area contributed by atoms with Crippen LogP contribution in [0.15, 0.2) is 53.3 Å². The number of nitrogens with zero attached hydrogens (tertiary/aromatic N) is 4. The Morgan fingerprint density at radius 3 is 2.82 bits per heavy atom. The number of hydrogen-bond donors (Lipinski definition) is 2. The largest absolute Gasteiger partial charge is 0.448 e. The van der Waals surface area contributed by atoms with Gasteiger partial charge < -0.3 is 19.6 Å². The van der Waals surface area contributed by atoms with Crippen LogP contribution in [0.5, 0.6) is 0 Å². The summed E-state index contributed by atoms with van der Waals surface area (Å²) in [5, 5.41) is 6.02. The van der Waals surface area contributed by atoms with E-state index in [0.717, 1.165) is 36.8 Å². The molecule has 5 rings (SSSR count). The number of carbonyl (C=O) groups is 1. The second kappa shape index (κ2) is 10.1. The Morgan fingerprint density at radius 1 is 1.12 bits per heavy atom. The van der Waals surface area contributed by atoms with Crippen molar-refractivity contribution < 1.29 is 13.6 Å². The van der Waals surface area contributed by atoms with E-state index in [2.05, 4.69) is 43.4 Å². The van der Waals surface area contributed by atoms with E-state index < -0.39 is 11.7 Å². The lowest BCUT2D eigenvalue weighted by molar-refractivity contribution is 0.0945. The molecule has 1 aliphatic rings. The van der Waals surface area contributed by atoms with E-state index in [0.29, 0.717) is 18.9 Å². The molecule has 3 aromatic heterocycles. The summed E-state index contributed by atoms with van der Waals surface area (Å²) in [6, 6.07) is 11.1. The van der Waals surface area contributed by atoms with Gasteiger partial charge in [-0.2, -0.15) is 0 Å². The normalized spacial score (nSPS) is 13.4. The molecule has 34 heavy (non-hydrogen) atoms. The van der Waals surface area contributed by atoms with Gasteiger partial charge in [0.05, 0.1) is 23.3 Å². The van der Waals surface area contributed by atoms with Crippen molar-refractivity contribution in [2.45, 2.75) is 38.8 Å². The molecule has 4 aromatic rings. The number of hydrogen-bond acceptors (Lipinski definition) is 6. The van der Waals surface area contributed by atoms with Crippen molar-refractivity contribution >= 4 is 16.9 Å². The molecule has 0 unspecified atom stereocenters. The average molecular weight is 463 g/mol. The number of halogens is 1. The number of para-hydroxylation sites is 2. The highest BCUT2D eigenvalue weighted by molar-refractivity contribution is 5.91. The van der Waals surface area contributed by atoms with Gasteiger partial charge in [0.25, 0.3) is 5.91 Å². The number of carbonyl (C=O) groups excluding carboxylic acids is 1. The third-order valence-corrected chi connectivity index (χ3v) is 5.95. The van der Waals surface area contributed by atoms with Crippen LogP contribution in [-0.2, 0) is 25.9 Å². The second-order valence-corrected chi connectivity index (χ2v) is 8.56. The number of benzene rings is 1. The van der Waals surface area contributed by atoms with Crippen LogP contribution in [0.2, 0.25) is 0 Å². The highest BCUT2D eigenvalue weighted by Crippen LogP contribution is 2.32. The summed E-state index contributed by atoms with van der Waals surface area (Å²) in [4.78, 5) is 25.2. The minimum absolute atomic E-state index is 0.0131. The molecule has 3 heterocycles. The molecule has 0 aliphatic heterocycles. The molecule has 1 aliphatic carbocycles. The zero-order valence-corrected chi connectivity index (χ0v) is 18.8. The maximum absolute atomic E-state index is 13.6. The SMILES string of the molecule is O=C(NCc1ncccc1F)c1coc(CCNCCc2nc3ccccc3n2CC2CC2)n1. The average Bonchev–Trinajstić information content (AvgIpc) is 3.43. The van der Waals surface area contributed by atoms with Crippen molar-refractivity contribution in [1.29, 1.82) is 0 Å². The smallest absolute Gasteiger partial charge is 0.273 e. The number of amides is 1.